The van der Waals surface area contributed by atoms with Crippen molar-refractivity contribution in [1.29, 1.82) is 0 Å². The van der Waals surface area contributed by atoms with Gasteiger partial charge in [-0.3, -0.25) is 9.48 Å². The highest BCUT2D eigenvalue weighted by Gasteiger charge is 2.18. The lowest BCUT2D eigenvalue weighted by Crippen LogP contribution is -2.24. The third-order valence-corrected chi connectivity index (χ3v) is 4.80. The first-order chi connectivity index (χ1) is 13.5. The lowest BCUT2D eigenvalue weighted by Gasteiger charge is -2.08. The molecule has 28 heavy (non-hydrogen) atoms. The lowest BCUT2D eigenvalue weighted by molar-refractivity contribution is 0.102. The Kier molecular flexibility index (Phi) is 4.57. The molecule has 0 bridgehead atoms. The molecule has 0 atom stereocenters. The maximum atomic E-state index is 12.5. The molecule has 3 heterocycles. The van der Waals surface area contributed by atoms with E-state index in [1.54, 1.807) is 32.3 Å². The minimum absolute atomic E-state index is 0.0112. The summed E-state index contributed by atoms with van der Waals surface area (Å²) in [6, 6.07) is 11.5. The van der Waals surface area contributed by atoms with E-state index in [4.69, 9.17) is 4.42 Å². The van der Waals surface area contributed by atoms with Gasteiger partial charge in [0.1, 0.15) is 17.1 Å². The van der Waals surface area contributed by atoms with Crippen LogP contribution in [0.3, 0.4) is 0 Å². The number of benzene rings is 1. The van der Waals surface area contributed by atoms with Crippen LogP contribution in [-0.2, 0) is 19.9 Å². The van der Waals surface area contributed by atoms with Crippen molar-refractivity contribution in [3.05, 3.63) is 81.7 Å². The van der Waals surface area contributed by atoms with Crippen LogP contribution in [0.5, 0.6) is 0 Å². The summed E-state index contributed by atoms with van der Waals surface area (Å²) in [6.07, 6.45) is 4.85. The van der Waals surface area contributed by atoms with Crippen molar-refractivity contribution in [3.63, 3.8) is 0 Å². The van der Waals surface area contributed by atoms with E-state index in [0.29, 0.717) is 23.6 Å². The van der Waals surface area contributed by atoms with E-state index >= 15 is 0 Å². The van der Waals surface area contributed by atoms with Crippen molar-refractivity contribution in [1.82, 2.24) is 14.8 Å². The summed E-state index contributed by atoms with van der Waals surface area (Å²) >= 11 is 0. The number of carbonyl (C=O) groups is 1. The van der Waals surface area contributed by atoms with Crippen molar-refractivity contribution in [2.24, 2.45) is 7.05 Å². The Morgan fingerprint density at radius 2 is 2.07 bits per heavy atom. The van der Waals surface area contributed by atoms with Gasteiger partial charge in [-0.2, -0.15) is 5.10 Å². The number of anilines is 1. The maximum absolute atomic E-state index is 12.5. The summed E-state index contributed by atoms with van der Waals surface area (Å²) in [4.78, 5) is 28.2. The van der Waals surface area contributed by atoms with Crippen LogP contribution < -0.4 is 10.9 Å². The molecule has 1 amide bonds. The summed E-state index contributed by atoms with van der Waals surface area (Å²) < 4.78 is 6.94. The maximum Gasteiger partial charge on any atom is 0.349 e. The summed E-state index contributed by atoms with van der Waals surface area (Å²) in [6.45, 7) is 1.74. The van der Waals surface area contributed by atoms with Crippen molar-refractivity contribution in [2.75, 3.05) is 5.32 Å². The zero-order chi connectivity index (χ0) is 19.7. The largest absolute Gasteiger partial charge is 0.427 e. The van der Waals surface area contributed by atoms with Crippen LogP contribution in [0.15, 0.2) is 58.0 Å². The number of amides is 1. The smallest absolute Gasteiger partial charge is 0.349 e. The van der Waals surface area contributed by atoms with Crippen molar-refractivity contribution >= 4 is 22.6 Å². The number of nitrogens with zero attached hydrogens (tertiary/aromatic N) is 2. The van der Waals surface area contributed by atoms with Gasteiger partial charge in [-0.05, 0) is 36.6 Å². The Bertz CT molecular complexity index is 1220. The monoisotopic (exact) mass is 376 g/mol. The van der Waals surface area contributed by atoms with Gasteiger partial charge in [-0.15, -0.1) is 0 Å². The second-order valence-electron chi connectivity index (χ2n) is 6.71. The summed E-state index contributed by atoms with van der Waals surface area (Å²) in [5.41, 5.74) is 2.21. The summed E-state index contributed by atoms with van der Waals surface area (Å²) in [7, 11) is 1.71. The molecule has 0 unspecified atom stereocenters. The molecular weight excluding hydrogens is 356 g/mol. The average molecular weight is 376 g/mol. The molecule has 3 aromatic heterocycles. The summed E-state index contributed by atoms with van der Waals surface area (Å²) in [5, 5.41) is 7.83. The molecule has 0 aliphatic carbocycles. The van der Waals surface area contributed by atoms with E-state index in [2.05, 4.69) is 21.5 Å². The third kappa shape index (κ3) is 3.34. The first-order valence-electron chi connectivity index (χ1n) is 9.01. The predicted molar refractivity (Wildman–Crippen MR) is 107 cm³/mol. The highest BCUT2D eigenvalue weighted by molar-refractivity contribution is 6.04. The van der Waals surface area contributed by atoms with E-state index in [0.717, 1.165) is 22.9 Å². The van der Waals surface area contributed by atoms with Crippen molar-refractivity contribution in [3.8, 4) is 0 Å². The van der Waals surface area contributed by atoms with Crippen LogP contribution in [0.4, 0.5) is 5.82 Å². The number of nitrogens with one attached hydrogen (secondary N) is 2. The Hall–Kier alpha value is -3.61. The highest BCUT2D eigenvalue weighted by atomic mass is 16.4. The standard InChI is InChI=1S/C21H20N4O3/c1-13-11-15(8-7-14-12-22-17-6-4-3-5-16(14)17)28-21(27)19(13)20(26)24-18-9-10-23-25(18)2/h3-6,9-12,22H,7-8H2,1-2H3,(H,24,26). The van der Waals surface area contributed by atoms with E-state index < -0.39 is 11.5 Å². The van der Waals surface area contributed by atoms with Gasteiger partial charge in [0.2, 0.25) is 0 Å². The van der Waals surface area contributed by atoms with Crippen LogP contribution in [0.25, 0.3) is 10.9 Å². The number of carbonyl (C=O) groups excluding carboxylic acids is 1. The molecule has 0 spiro atoms. The molecule has 0 saturated heterocycles. The van der Waals surface area contributed by atoms with Gasteiger partial charge in [-0.1, -0.05) is 18.2 Å². The van der Waals surface area contributed by atoms with E-state index in [1.807, 2.05) is 24.4 Å². The SMILES string of the molecule is Cc1cc(CCc2c[nH]c3ccccc23)oc(=O)c1C(=O)Nc1ccnn1C. The number of aromatic amines is 1. The zero-order valence-electron chi connectivity index (χ0n) is 15.7. The average Bonchev–Trinajstić information content (AvgIpc) is 3.26. The highest BCUT2D eigenvalue weighted by Crippen LogP contribution is 2.20. The Labute approximate surface area is 161 Å². The quantitative estimate of drug-likeness (QED) is 0.559. The molecule has 142 valence electrons. The fourth-order valence-corrected chi connectivity index (χ4v) is 3.34. The fraction of sp³-hybridized carbons (Fsp3) is 0.190. The van der Waals surface area contributed by atoms with Crippen LogP contribution in [0.2, 0.25) is 0 Å². The second kappa shape index (κ2) is 7.19. The lowest BCUT2D eigenvalue weighted by atomic mass is 10.1. The fourth-order valence-electron chi connectivity index (χ4n) is 3.34. The molecule has 0 saturated carbocycles. The zero-order valence-corrected chi connectivity index (χ0v) is 15.7. The number of hydrogen-bond acceptors (Lipinski definition) is 4. The van der Waals surface area contributed by atoms with Crippen LogP contribution in [-0.4, -0.2) is 20.7 Å². The molecule has 4 aromatic rings. The van der Waals surface area contributed by atoms with Crippen molar-refractivity contribution in [2.45, 2.75) is 19.8 Å². The van der Waals surface area contributed by atoms with Gasteiger partial charge < -0.3 is 14.7 Å². The van der Waals surface area contributed by atoms with Crippen LogP contribution >= 0.6 is 0 Å². The molecule has 2 N–H and O–H groups in total. The number of hydrogen-bond donors (Lipinski definition) is 2. The molecule has 1 aromatic carbocycles. The van der Waals surface area contributed by atoms with E-state index in [-0.39, 0.29) is 5.56 Å². The first kappa shape index (κ1) is 17.8. The summed E-state index contributed by atoms with van der Waals surface area (Å²) in [5.74, 6) is 0.565. The Morgan fingerprint density at radius 1 is 1.25 bits per heavy atom. The molecule has 4 rings (SSSR count). The second-order valence-corrected chi connectivity index (χ2v) is 6.71. The number of aryl methyl sites for hydroxylation is 4. The van der Waals surface area contributed by atoms with Gasteiger partial charge in [0.15, 0.2) is 0 Å². The molecule has 0 aliphatic rings. The number of fused-ring (bicyclic) bond motifs is 1. The van der Waals surface area contributed by atoms with Gasteiger partial charge in [0.25, 0.3) is 5.91 Å². The predicted octanol–water partition coefficient (Wildman–Crippen LogP) is 3.20. The number of para-hydroxylation sites is 1. The topological polar surface area (TPSA) is 92.9 Å². The number of rotatable bonds is 5. The molecule has 0 radical (unpaired) electrons. The van der Waals surface area contributed by atoms with Gasteiger partial charge >= 0.3 is 5.63 Å². The van der Waals surface area contributed by atoms with Gasteiger partial charge in [0.05, 0.1) is 6.20 Å². The molecule has 0 fully saturated rings. The van der Waals surface area contributed by atoms with Crippen LogP contribution in [0, 0.1) is 6.92 Å². The minimum atomic E-state index is -0.631. The van der Waals surface area contributed by atoms with E-state index in [1.165, 1.54) is 4.68 Å². The molecule has 7 nitrogen and oxygen atoms in total. The molecular formula is C21H20N4O3. The van der Waals surface area contributed by atoms with Crippen molar-refractivity contribution < 1.29 is 9.21 Å². The van der Waals surface area contributed by atoms with Crippen LogP contribution in [0.1, 0.15) is 27.2 Å². The van der Waals surface area contributed by atoms with Gasteiger partial charge in [-0.25, -0.2) is 4.79 Å². The third-order valence-electron chi connectivity index (χ3n) is 4.80. The van der Waals surface area contributed by atoms with E-state index in [9.17, 15) is 9.59 Å². The number of aromatic nitrogens is 3. The number of H-pyrrole nitrogens is 1. The Morgan fingerprint density at radius 3 is 2.82 bits per heavy atom. The Balaban J connectivity index is 1.53. The first-order valence-corrected chi connectivity index (χ1v) is 9.01. The molecule has 7 heteroatoms. The normalized spacial score (nSPS) is 11.1. The van der Waals surface area contributed by atoms with Gasteiger partial charge in [0, 0.05) is 36.6 Å². The molecule has 0 aliphatic heterocycles. The minimum Gasteiger partial charge on any atom is -0.427 e.